The molecule has 2 aromatic rings. The first kappa shape index (κ1) is 19.8. The zero-order chi connectivity index (χ0) is 18.6. The molecule has 0 unspecified atom stereocenters. The molecule has 7 heteroatoms. The molecule has 0 spiro atoms. The largest absolute Gasteiger partial charge is 0.340 e. The highest BCUT2D eigenvalue weighted by molar-refractivity contribution is 7.17. The SMILES string of the molecule is CCN(CC)CCN(C)C(=O)c1sc(-c2ccc(F)c(Cl)c2)nc1C. The van der Waals surface area contributed by atoms with Gasteiger partial charge in [0.25, 0.3) is 5.91 Å². The van der Waals surface area contributed by atoms with Crippen LogP contribution in [0.4, 0.5) is 4.39 Å². The van der Waals surface area contributed by atoms with Crippen molar-refractivity contribution in [1.82, 2.24) is 14.8 Å². The maximum atomic E-state index is 13.3. The van der Waals surface area contributed by atoms with Gasteiger partial charge in [0.15, 0.2) is 0 Å². The molecule has 0 aliphatic heterocycles. The van der Waals surface area contributed by atoms with Crippen LogP contribution in [-0.2, 0) is 0 Å². The Hall–Kier alpha value is -1.50. The Labute approximate surface area is 157 Å². The third kappa shape index (κ3) is 4.77. The second-order valence-corrected chi connectivity index (χ2v) is 7.22. The Morgan fingerprint density at radius 3 is 2.56 bits per heavy atom. The lowest BCUT2D eigenvalue weighted by molar-refractivity contribution is 0.0783. The predicted octanol–water partition coefficient (Wildman–Crippen LogP) is 4.32. The molecule has 25 heavy (non-hydrogen) atoms. The number of aryl methyl sites for hydroxylation is 1. The van der Waals surface area contributed by atoms with E-state index in [9.17, 15) is 9.18 Å². The molecule has 0 fully saturated rings. The van der Waals surface area contributed by atoms with Gasteiger partial charge < -0.3 is 9.80 Å². The zero-order valence-corrected chi connectivity index (χ0v) is 16.5. The number of halogens is 2. The van der Waals surface area contributed by atoms with E-state index in [-0.39, 0.29) is 10.9 Å². The van der Waals surface area contributed by atoms with Gasteiger partial charge in [-0.25, -0.2) is 9.37 Å². The first-order valence-electron chi connectivity index (χ1n) is 8.28. The number of thiazole rings is 1. The summed E-state index contributed by atoms with van der Waals surface area (Å²) < 4.78 is 13.3. The Bertz CT molecular complexity index is 746. The molecule has 1 amide bonds. The molecule has 1 aromatic carbocycles. The lowest BCUT2D eigenvalue weighted by Crippen LogP contribution is -2.36. The molecule has 0 atom stereocenters. The third-order valence-corrected chi connectivity index (χ3v) is 5.63. The monoisotopic (exact) mass is 383 g/mol. The molecule has 0 radical (unpaired) electrons. The van der Waals surface area contributed by atoms with E-state index in [0.29, 0.717) is 27.7 Å². The lowest BCUT2D eigenvalue weighted by Gasteiger charge is -2.22. The van der Waals surface area contributed by atoms with Crippen LogP contribution in [0.15, 0.2) is 18.2 Å². The van der Waals surface area contributed by atoms with Gasteiger partial charge in [-0.2, -0.15) is 0 Å². The molecule has 0 aliphatic rings. The minimum Gasteiger partial charge on any atom is -0.340 e. The number of rotatable bonds is 7. The summed E-state index contributed by atoms with van der Waals surface area (Å²) in [5.41, 5.74) is 1.39. The van der Waals surface area contributed by atoms with Crippen molar-refractivity contribution >= 4 is 28.8 Å². The average Bonchev–Trinajstić information content (AvgIpc) is 2.99. The molecule has 2 rings (SSSR count). The highest BCUT2D eigenvalue weighted by Gasteiger charge is 2.20. The molecule has 0 saturated carbocycles. The van der Waals surface area contributed by atoms with Gasteiger partial charge in [-0.05, 0) is 38.2 Å². The number of carbonyl (C=O) groups is 1. The number of nitrogens with zero attached hydrogens (tertiary/aromatic N) is 3. The number of hydrogen-bond acceptors (Lipinski definition) is 4. The van der Waals surface area contributed by atoms with Crippen LogP contribution in [0.1, 0.15) is 29.2 Å². The predicted molar refractivity (Wildman–Crippen MR) is 102 cm³/mol. The van der Waals surface area contributed by atoms with Crippen LogP contribution in [0.3, 0.4) is 0 Å². The lowest BCUT2D eigenvalue weighted by atomic mass is 10.2. The van der Waals surface area contributed by atoms with E-state index in [1.165, 1.54) is 23.5 Å². The molecule has 1 heterocycles. The van der Waals surface area contributed by atoms with Crippen molar-refractivity contribution in [2.45, 2.75) is 20.8 Å². The number of carbonyl (C=O) groups excluding carboxylic acids is 1. The van der Waals surface area contributed by atoms with Crippen LogP contribution in [0.5, 0.6) is 0 Å². The number of benzene rings is 1. The van der Waals surface area contributed by atoms with Crippen LogP contribution >= 0.6 is 22.9 Å². The molecule has 0 N–H and O–H groups in total. The first-order chi connectivity index (χ1) is 11.9. The van der Waals surface area contributed by atoms with Gasteiger partial charge in [-0.15, -0.1) is 11.3 Å². The number of hydrogen-bond donors (Lipinski definition) is 0. The molecule has 136 valence electrons. The minimum absolute atomic E-state index is 0.0402. The highest BCUT2D eigenvalue weighted by atomic mass is 35.5. The second kappa shape index (κ2) is 8.74. The van der Waals surface area contributed by atoms with Crippen molar-refractivity contribution in [2.24, 2.45) is 0 Å². The molecular formula is C18H23ClFN3OS. The van der Waals surface area contributed by atoms with Crippen LogP contribution in [0.25, 0.3) is 10.6 Å². The van der Waals surface area contributed by atoms with Crippen molar-refractivity contribution in [3.05, 3.63) is 39.6 Å². The van der Waals surface area contributed by atoms with Crippen LogP contribution in [0, 0.1) is 12.7 Å². The highest BCUT2D eigenvalue weighted by Crippen LogP contribution is 2.31. The topological polar surface area (TPSA) is 36.4 Å². The van der Waals surface area contributed by atoms with Gasteiger partial charge in [0.1, 0.15) is 15.7 Å². The molecular weight excluding hydrogens is 361 g/mol. The molecule has 1 aromatic heterocycles. The summed E-state index contributed by atoms with van der Waals surface area (Å²) in [7, 11) is 1.80. The maximum absolute atomic E-state index is 13.3. The van der Waals surface area contributed by atoms with Gasteiger partial charge in [-0.3, -0.25) is 4.79 Å². The number of aromatic nitrogens is 1. The Morgan fingerprint density at radius 1 is 1.28 bits per heavy atom. The summed E-state index contributed by atoms with van der Waals surface area (Å²) in [5, 5.41) is 0.717. The van der Waals surface area contributed by atoms with E-state index in [4.69, 9.17) is 11.6 Å². The fourth-order valence-corrected chi connectivity index (χ4v) is 3.69. The summed E-state index contributed by atoms with van der Waals surface area (Å²) in [6.07, 6.45) is 0. The Kier molecular flexibility index (Phi) is 6.93. The zero-order valence-electron chi connectivity index (χ0n) is 15.0. The smallest absolute Gasteiger partial charge is 0.265 e. The number of likely N-dealkylation sites (N-methyl/N-ethyl adjacent to an activating group) is 2. The maximum Gasteiger partial charge on any atom is 0.265 e. The normalized spacial score (nSPS) is 11.2. The summed E-state index contributed by atoms with van der Waals surface area (Å²) >= 11 is 7.16. The van der Waals surface area contributed by atoms with Gasteiger partial charge in [-0.1, -0.05) is 25.4 Å². The standard InChI is InChI=1S/C18H23ClFN3OS/c1-5-23(6-2)10-9-22(4)18(24)16-12(3)21-17(25-16)13-7-8-15(20)14(19)11-13/h7-8,11H,5-6,9-10H2,1-4H3. The fraction of sp³-hybridized carbons (Fsp3) is 0.444. The van der Waals surface area contributed by atoms with Crippen molar-refractivity contribution < 1.29 is 9.18 Å². The van der Waals surface area contributed by atoms with Crippen LogP contribution < -0.4 is 0 Å². The summed E-state index contributed by atoms with van der Waals surface area (Å²) in [6, 6.07) is 4.47. The van der Waals surface area contributed by atoms with E-state index >= 15 is 0 Å². The van der Waals surface area contributed by atoms with E-state index in [2.05, 4.69) is 23.7 Å². The molecule has 0 saturated heterocycles. The van der Waals surface area contributed by atoms with E-state index in [1.54, 1.807) is 18.0 Å². The average molecular weight is 384 g/mol. The summed E-state index contributed by atoms with van der Waals surface area (Å²) in [4.78, 5) is 21.8. The van der Waals surface area contributed by atoms with Crippen LogP contribution in [0.2, 0.25) is 5.02 Å². The van der Waals surface area contributed by atoms with E-state index in [1.807, 2.05) is 6.92 Å². The summed E-state index contributed by atoms with van der Waals surface area (Å²) in [6.45, 7) is 9.47. The van der Waals surface area contributed by atoms with Gasteiger partial charge in [0.05, 0.1) is 10.7 Å². The third-order valence-electron chi connectivity index (χ3n) is 4.15. The van der Waals surface area contributed by atoms with E-state index in [0.717, 1.165) is 19.6 Å². The number of amides is 1. The van der Waals surface area contributed by atoms with Gasteiger partial charge >= 0.3 is 0 Å². The minimum atomic E-state index is -0.467. The van der Waals surface area contributed by atoms with Crippen molar-refractivity contribution in [2.75, 3.05) is 33.2 Å². The molecule has 4 nitrogen and oxygen atoms in total. The first-order valence-corrected chi connectivity index (χ1v) is 9.47. The second-order valence-electron chi connectivity index (χ2n) is 5.82. The fourth-order valence-electron chi connectivity index (χ4n) is 2.45. The van der Waals surface area contributed by atoms with E-state index < -0.39 is 5.82 Å². The molecule has 0 aliphatic carbocycles. The van der Waals surface area contributed by atoms with Crippen molar-refractivity contribution in [3.8, 4) is 10.6 Å². The van der Waals surface area contributed by atoms with Crippen molar-refractivity contribution in [3.63, 3.8) is 0 Å². The van der Waals surface area contributed by atoms with Gasteiger partial charge in [0.2, 0.25) is 0 Å². The van der Waals surface area contributed by atoms with Gasteiger partial charge in [0, 0.05) is 25.7 Å². The van der Waals surface area contributed by atoms with Crippen molar-refractivity contribution in [1.29, 1.82) is 0 Å². The summed E-state index contributed by atoms with van der Waals surface area (Å²) in [5.74, 6) is -0.507. The Morgan fingerprint density at radius 2 is 1.96 bits per heavy atom. The Balaban J connectivity index is 2.15. The quantitative estimate of drug-likeness (QED) is 0.714. The van der Waals surface area contributed by atoms with Crippen LogP contribution in [-0.4, -0.2) is 53.9 Å². The molecule has 0 bridgehead atoms.